The molecule has 32 heavy (non-hydrogen) atoms. The maximum absolute atomic E-state index is 12.1. The second-order valence-corrected chi connectivity index (χ2v) is 7.22. The van der Waals surface area contributed by atoms with Gasteiger partial charge in [0, 0.05) is 12.1 Å². The number of hydrogen-bond donors (Lipinski definition) is 0. The Morgan fingerprint density at radius 2 is 1.84 bits per heavy atom. The Balaban J connectivity index is 1.58. The molecule has 164 valence electrons. The summed E-state index contributed by atoms with van der Waals surface area (Å²) < 4.78 is 17.9. The van der Waals surface area contributed by atoms with Crippen molar-refractivity contribution in [2.45, 2.75) is 19.9 Å². The van der Waals surface area contributed by atoms with Gasteiger partial charge in [-0.1, -0.05) is 18.2 Å². The highest BCUT2D eigenvalue weighted by Crippen LogP contribution is 2.28. The fraction of sp³-hybridized carbons (Fsp3) is 0.240. The van der Waals surface area contributed by atoms with Gasteiger partial charge in [0.05, 0.1) is 38.4 Å². The number of benzene rings is 2. The van der Waals surface area contributed by atoms with E-state index in [9.17, 15) is 4.79 Å². The van der Waals surface area contributed by atoms with E-state index in [0.29, 0.717) is 30.2 Å². The van der Waals surface area contributed by atoms with Crippen LogP contribution in [0.1, 0.15) is 22.8 Å². The number of imidazole rings is 1. The van der Waals surface area contributed by atoms with Gasteiger partial charge in [0.15, 0.2) is 17.1 Å². The van der Waals surface area contributed by atoms with Crippen LogP contribution in [0.25, 0.3) is 22.4 Å². The molecule has 0 aliphatic heterocycles. The van der Waals surface area contributed by atoms with E-state index in [1.807, 2.05) is 47.0 Å². The van der Waals surface area contributed by atoms with Gasteiger partial charge >= 0.3 is 5.97 Å². The lowest BCUT2D eigenvalue weighted by Crippen LogP contribution is -2.04. The summed E-state index contributed by atoms with van der Waals surface area (Å²) in [5.74, 6) is 1.08. The van der Waals surface area contributed by atoms with E-state index in [1.165, 1.54) is 0 Å². The quantitative estimate of drug-likeness (QED) is 0.382. The van der Waals surface area contributed by atoms with Crippen LogP contribution < -0.4 is 9.47 Å². The standard InChI is InChI=1S/C25H25N3O4/c1-4-32-25(29)19-7-5-6-18(15-19)20-9-10-21-24(27-20)28(16-26-21)13-12-17-8-11-22(30-2)23(14-17)31-3/h5-11,14-16H,4,12-13H2,1-3H3. The molecule has 0 N–H and O–H groups in total. The number of pyridine rings is 1. The Kier molecular flexibility index (Phi) is 6.35. The van der Waals surface area contributed by atoms with Crippen molar-refractivity contribution < 1.29 is 19.0 Å². The molecule has 7 nitrogen and oxygen atoms in total. The number of fused-ring (bicyclic) bond motifs is 1. The average molecular weight is 431 g/mol. The molecule has 0 spiro atoms. The molecule has 4 rings (SSSR count). The summed E-state index contributed by atoms with van der Waals surface area (Å²) in [5.41, 5.74) is 4.88. The lowest BCUT2D eigenvalue weighted by atomic mass is 10.1. The van der Waals surface area contributed by atoms with Crippen molar-refractivity contribution >= 4 is 17.1 Å². The number of ether oxygens (including phenoxy) is 3. The molecular formula is C25H25N3O4. The van der Waals surface area contributed by atoms with E-state index in [2.05, 4.69) is 4.98 Å². The van der Waals surface area contributed by atoms with Crippen molar-refractivity contribution in [3.63, 3.8) is 0 Å². The smallest absolute Gasteiger partial charge is 0.338 e. The third-order valence-corrected chi connectivity index (χ3v) is 5.22. The highest BCUT2D eigenvalue weighted by molar-refractivity contribution is 5.91. The number of hydrogen-bond acceptors (Lipinski definition) is 6. The maximum atomic E-state index is 12.1. The lowest BCUT2D eigenvalue weighted by Gasteiger charge is -2.10. The van der Waals surface area contributed by atoms with Crippen LogP contribution in [0.5, 0.6) is 11.5 Å². The highest BCUT2D eigenvalue weighted by Gasteiger charge is 2.11. The largest absolute Gasteiger partial charge is 0.493 e. The minimum absolute atomic E-state index is 0.338. The Morgan fingerprint density at radius 1 is 1.00 bits per heavy atom. The molecule has 0 unspecified atom stereocenters. The lowest BCUT2D eigenvalue weighted by molar-refractivity contribution is 0.0526. The van der Waals surface area contributed by atoms with Gasteiger partial charge < -0.3 is 18.8 Å². The number of aromatic nitrogens is 3. The van der Waals surface area contributed by atoms with Crippen molar-refractivity contribution in [1.82, 2.24) is 14.5 Å². The molecule has 0 bridgehead atoms. The van der Waals surface area contributed by atoms with Gasteiger partial charge in [0.2, 0.25) is 0 Å². The van der Waals surface area contributed by atoms with Crippen LogP contribution in [0.3, 0.4) is 0 Å². The van der Waals surface area contributed by atoms with Crippen LogP contribution in [0.2, 0.25) is 0 Å². The summed E-state index contributed by atoms with van der Waals surface area (Å²) in [6.07, 6.45) is 2.59. The number of carbonyl (C=O) groups is 1. The monoisotopic (exact) mass is 431 g/mol. The van der Waals surface area contributed by atoms with Crippen LogP contribution in [-0.4, -0.2) is 41.3 Å². The predicted molar refractivity (Wildman–Crippen MR) is 122 cm³/mol. The topological polar surface area (TPSA) is 75.5 Å². The first-order valence-electron chi connectivity index (χ1n) is 10.4. The predicted octanol–water partition coefficient (Wildman–Crippen LogP) is 4.53. The Labute approximate surface area is 186 Å². The summed E-state index contributed by atoms with van der Waals surface area (Å²) in [6.45, 7) is 2.85. The molecule has 0 saturated heterocycles. The van der Waals surface area contributed by atoms with Crippen molar-refractivity contribution in [1.29, 1.82) is 0 Å². The van der Waals surface area contributed by atoms with Gasteiger partial charge in [-0.3, -0.25) is 0 Å². The molecule has 0 aliphatic carbocycles. The first-order valence-corrected chi connectivity index (χ1v) is 10.4. The molecule has 4 aromatic rings. The molecule has 0 fully saturated rings. The van der Waals surface area contributed by atoms with E-state index < -0.39 is 0 Å². The zero-order valence-electron chi connectivity index (χ0n) is 18.4. The Bertz CT molecular complexity index is 1250. The second-order valence-electron chi connectivity index (χ2n) is 7.22. The average Bonchev–Trinajstić information content (AvgIpc) is 3.25. The Hall–Kier alpha value is -3.87. The van der Waals surface area contributed by atoms with E-state index >= 15 is 0 Å². The van der Waals surface area contributed by atoms with Crippen molar-refractivity contribution in [3.8, 4) is 22.8 Å². The van der Waals surface area contributed by atoms with Gasteiger partial charge in [-0.2, -0.15) is 0 Å². The van der Waals surface area contributed by atoms with Gasteiger partial charge in [0.25, 0.3) is 0 Å². The number of aryl methyl sites for hydroxylation is 2. The van der Waals surface area contributed by atoms with E-state index in [1.54, 1.807) is 39.6 Å². The van der Waals surface area contributed by atoms with Crippen LogP contribution in [0.4, 0.5) is 0 Å². The van der Waals surface area contributed by atoms with Crippen molar-refractivity contribution in [2.24, 2.45) is 0 Å². The van der Waals surface area contributed by atoms with E-state index in [0.717, 1.165) is 34.4 Å². The summed E-state index contributed by atoms with van der Waals surface area (Å²) in [4.78, 5) is 21.4. The van der Waals surface area contributed by atoms with Crippen LogP contribution in [0.15, 0.2) is 60.9 Å². The molecule has 0 saturated carbocycles. The number of rotatable bonds is 8. The maximum Gasteiger partial charge on any atom is 0.338 e. The van der Waals surface area contributed by atoms with Crippen molar-refractivity contribution in [2.75, 3.05) is 20.8 Å². The van der Waals surface area contributed by atoms with Gasteiger partial charge in [-0.25, -0.2) is 14.8 Å². The first kappa shape index (κ1) is 21.4. The molecule has 7 heteroatoms. The Morgan fingerprint density at radius 3 is 2.62 bits per heavy atom. The van der Waals surface area contributed by atoms with Gasteiger partial charge in [0.1, 0.15) is 5.52 Å². The fourth-order valence-electron chi connectivity index (χ4n) is 3.57. The SMILES string of the molecule is CCOC(=O)c1cccc(-c2ccc3ncn(CCc4ccc(OC)c(OC)c4)c3n2)c1. The molecule has 2 aromatic carbocycles. The minimum Gasteiger partial charge on any atom is -0.493 e. The normalized spacial score (nSPS) is 10.8. The third kappa shape index (κ3) is 4.42. The van der Waals surface area contributed by atoms with Crippen LogP contribution in [0, 0.1) is 0 Å². The number of carbonyl (C=O) groups excluding carboxylic acids is 1. The second kappa shape index (κ2) is 9.51. The van der Waals surface area contributed by atoms with Crippen LogP contribution in [-0.2, 0) is 17.7 Å². The molecular weight excluding hydrogens is 406 g/mol. The minimum atomic E-state index is -0.338. The molecule has 0 amide bonds. The summed E-state index contributed by atoms with van der Waals surface area (Å²) in [5, 5.41) is 0. The van der Waals surface area contributed by atoms with Crippen molar-refractivity contribution in [3.05, 3.63) is 72.1 Å². The molecule has 0 radical (unpaired) electrons. The zero-order chi connectivity index (χ0) is 22.5. The number of esters is 1. The van der Waals surface area contributed by atoms with E-state index in [-0.39, 0.29) is 5.97 Å². The molecule has 0 atom stereocenters. The number of nitrogens with zero attached hydrogens (tertiary/aromatic N) is 3. The van der Waals surface area contributed by atoms with E-state index in [4.69, 9.17) is 19.2 Å². The fourth-order valence-corrected chi connectivity index (χ4v) is 3.57. The number of methoxy groups -OCH3 is 2. The first-order chi connectivity index (χ1) is 15.6. The summed E-state index contributed by atoms with van der Waals surface area (Å²) in [7, 11) is 3.26. The molecule has 2 aromatic heterocycles. The molecule has 0 aliphatic rings. The summed E-state index contributed by atoms with van der Waals surface area (Å²) >= 11 is 0. The van der Waals surface area contributed by atoms with Crippen LogP contribution >= 0.6 is 0 Å². The highest BCUT2D eigenvalue weighted by atomic mass is 16.5. The summed E-state index contributed by atoms with van der Waals surface area (Å²) in [6, 6.07) is 17.1. The van der Waals surface area contributed by atoms with Gasteiger partial charge in [-0.15, -0.1) is 0 Å². The molecule has 2 heterocycles. The third-order valence-electron chi connectivity index (χ3n) is 5.22. The zero-order valence-corrected chi connectivity index (χ0v) is 18.4. The van der Waals surface area contributed by atoms with Gasteiger partial charge in [-0.05, 0) is 55.3 Å².